The lowest BCUT2D eigenvalue weighted by Crippen LogP contribution is -2.41. The molecule has 2 atom stereocenters. The van der Waals surface area contributed by atoms with E-state index < -0.39 is 24.0 Å². The van der Waals surface area contributed by atoms with Crippen molar-refractivity contribution in [2.75, 3.05) is 13.7 Å². The molecule has 1 rings (SSSR count). The third-order valence-corrected chi connectivity index (χ3v) is 2.37. The molecule has 0 aromatic heterocycles. The molecule has 6 heteroatoms. The fourth-order valence-electron chi connectivity index (χ4n) is 1.41. The van der Waals surface area contributed by atoms with Gasteiger partial charge in [-0.05, 0) is 5.56 Å². The van der Waals surface area contributed by atoms with Crippen molar-refractivity contribution in [2.45, 2.75) is 12.2 Å². The Labute approximate surface area is 105 Å². The number of carbonyl (C=O) groups excluding carboxylic acids is 2. The number of aliphatic hydroxyl groups is 1. The second kappa shape index (κ2) is 6.73. The van der Waals surface area contributed by atoms with Crippen LogP contribution in [0.3, 0.4) is 0 Å². The van der Waals surface area contributed by atoms with Gasteiger partial charge >= 0.3 is 0 Å². The van der Waals surface area contributed by atoms with Crippen LogP contribution in [-0.2, 0) is 14.3 Å². The minimum Gasteiger partial charge on any atom is -0.381 e. The Morgan fingerprint density at radius 1 is 1.39 bits per heavy atom. The van der Waals surface area contributed by atoms with Crippen molar-refractivity contribution in [1.82, 2.24) is 5.32 Å². The van der Waals surface area contributed by atoms with Crippen molar-refractivity contribution in [3.05, 3.63) is 35.9 Å². The van der Waals surface area contributed by atoms with Gasteiger partial charge in [-0.1, -0.05) is 30.3 Å². The molecular formula is C12H16N2O4. The van der Waals surface area contributed by atoms with Crippen LogP contribution in [0.4, 0.5) is 0 Å². The quantitative estimate of drug-likeness (QED) is 0.625. The van der Waals surface area contributed by atoms with Gasteiger partial charge in [0, 0.05) is 7.11 Å². The highest BCUT2D eigenvalue weighted by Gasteiger charge is 2.21. The highest BCUT2D eigenvalue weighted by atomic mass is 16.5. The summed E-state index contributed by atoms with van der Waals surface area (Å²) in [7, 11) is 1.40. The van der Waals surface area contributed by atoms with E-state index in [0.29, 0.717) is 5.56 Å². The summed E-state index contributed by atoms with van der Waals surface area (Å²) in [4.78, 5) is 22.4. The van der Waals surface area contributed by atoms with Gasteiger partial charge in [0.2, 0.25) is 5.91 Å². The topological polar surface area (TPSA) is 102 Å². The van der Waals surface area contributed by atoms with Crippen LogP contribution in [0.15, 0.2) is 30.3 Å². The maximum atomic E-state index is 11.8. The number of methoxy groups -OCH3 is 1. The van der Waals surface area contributed by atoms with Crippen LogP contribution in [-0.4, -0.2) is 36.7 Å². The average molecular weight is 252 g/mol. The molecule has 0 saturated heterocycles. The number of nitrogens with two attached hydrogens (primary N) is 1. The smallest absolute Gasteiger partial charge is 0.253 e. The SMILES string of the molecule is COC(C(=O)NCC(O)C(N)=O)c1ccccc1. The number of amides is 2. The summed E-state index contributed by atoms with van der Waals surface area (Å²) >= 11 is 0. The van der Waals surface area contributed by atoms with Crippen LogP contribution in [0.5, 0.6) is 0 Å². The van der Waals surface area contributed by atoms with E-state index in [2.05, 4.69) is 5.32 Å². The molecule has 0 aliphatic rings. The van der Waals surface area contributed by atoms with E-state index in [0.717, 1.165) is 0 Å². The van der Waals surface area contributed by atoms with Crippen molar-refractivity contribution in [2.24, 2.45) is 5.73 Å². The second-order valence-corrected chi connectivity index (χ2v) is 3.69. The second-order valence-electron chi connectivity index (χ2n) is 3.69. The van der Waals surface area contributed by atoms with Gasteiger partial charge in [0.25, 0.3) is 5.91 Å². The minimum atomic E-state index is -1.40. The molecule has 0 bridgehead atoms. The van der Waals surface area contributed by atoms with Gasteiger partial charge in [-0.25, -0.2) is 0 Å². The molecule has 0 heterocycles. The summed E-state index contributed by atoms with van der Waals surface area (Å²) in [6, 6.07) is 8.89. The Morgan fingerprint density at radius 3 is 2.50 bits per heavy atom. The fourth-order valence-corrected chi connectivity index (χ4v) is 1.41. The molecule has 98 valence electrons. The highest BCUT2D eigenvalue weighted by molar-refractivity contribution is 5.84. The van der Waals surface area contributed by atoms with Gasteiger partial charge in [-0.2, -0.15) is 0 Å². The minimum absolute atomic E-state index is 0.235. The van der Waals surface area contributed by atoms with Crippen molar-refractivity contribution in [3.63, 3.8) is 0 Å². The molecule has 2 amide bonds. The van der Waals surface area contributed by atoms with Crippen LogP contribution in [0.2, 0.25) is 0 Å². The van der Waals surface area contributed by atoms with E-state index in [1.807, 2.05) is 6.07 Å². The summed E-state index contributed by atoms with van der Waals surface area (Å²) in [6.45, 7) is -0.235. The third kappa shape index (κ3) is 3.83. The molecule has 0 fully saturated rings. The Morgan fingerprint density at radius 2 is 2.00 bits per heavy atom. The first-order chi connectivity index (χ1) is 8.56. The Kier molecular flexibility index (Phi) is 5.29. The normalized spacial score (nSPS) is 13.7. The Bertz CT molecular complexity index is 408. The highest BCUT2D eigenvalue weighted by Crippen LogP contribution is 2.15. The number of rotatable bonds is 6. The lowest BCUT2D eigenvalue weighted by atomic mass is 10.1. The van der Waals surface area contributed by atoms with Crippen molar-refractivity contribution < 1.29 is 19.4 Å². The van der Waals surface area contributed by atoms with E-state index in [1.165, 1.54) is 7.11 Å². The first kappa shape index (κ1) is 14.1. The third-order valence-electron chi connectivity index (χ3n) is 2.37. The molecule has 1 aromatic carbocycles. The fraction of sp³-hybridized carbons (Fsp3) is 0.333. The van der Waals surface area contributed by atoms with Crippen LogP contribution in [0.1, 0.15) is 11.7 Å². The number of aliphatic hydroxyl groups excluding tert-OH is 1. The molecule has 6 nitrogen and oxygen atoms in total. The predicted octanol–water partition coefficient (Wildman–Crippen LogP) is -0.663. The number of benzene rings is 1. The Hall–Kier alpha value is -1.92. The summed E-state index contributed by atoms with van der Waals surface area (Å²) in [5.41, 5.74) is 5.56. The molecule has 0 spiro atoms. The molecular weight excluding hydrogens is 236 g/mol. The molecule has 1 aromatic rings. The number of hydrogen-bond donors (Lipinski definition) is 3. The zero-order chi connectivity index (χ0) is 13.5. The maximum Gasteiger partial charge on any atom is 0.253 e. The van der Waals surface area contributed by atoms with Crippen molar-refractivity contribution in [3.8, 4) is 0 Å². The van der Waals surface area contributed by atoms with Gasteiger partial charge in [-0.3, -0.25) is 9.59 Å². The molecule has 0 saturated carbocycles. The van der Waals surface area contributed by atoms with E-state index >= 15 is 0 Å². The number of nitrogens with one attached hydrogen (secondary N) is 1. The zero-order valence-electron chi connectivity index (χ0n) is 10.00. The zero-order valence-corrected chi connectivity index (χ0v) is 10.00. The first-order valence-electron chi connectivity index (χ1n) is 5.39. The van der Waals surface area contributed by atoms with E-state index in [9.17, 15) is 14.7 Å². The average Bonchev–Trinajstić information content (AvgIpc) is 2.38. The van der Waals surface area contributed by atoms with Crippen molar-refractivity contribution in [1.29, 1.82) is 0 Å². The lowest BCUT2D eigenvalue weighted by Gasteiger charge is -2.16. The van der Waals surface area contributed by atoms with Crippen LogP contribution in [0, 0.1) is 0 Å². The van der Waals surface area contributed by atoms with Gasteiger partial charge in [0.05, 0.1) is 6.54 Å². The molecule has 0 radical (unpaired) electrons. The van der Waals surface area contributed by atoms with Gasteiger partial charge in [0.15, 0.2) is 6.10 Å². The van der Waals surface area contributed by atoms with Crippen LogP contribution >= 0.6 is 0 Å². The lowest BCUT2D eigenvalue weighted by molar-refractivity contribution is -0.133. The maximum absolute atomic E-state index is 11.8. The molecule has 0 aliphatic heterocycles. The number of carbonyl (C=O) groups is 2. The van der Waals surface area contributed by atoms with Gasteiger partial charge in [-0.15, -0.1) is 0 Å². The summed E-state index contributed by atoms with van der Waals surface area (Å²) in [5, 5.41) is 11.6. The van der Waals surface area contributed by atoms with Gasteiger partial charge < -0.3 is 20.9 Å². The summed E-state index contributed by atoms with van der Waals surface area (Å²) in [6.07, 6.45) is -2.19. The van der Waals surface area contributed by atoms with E-state index in [-0.39, 0.29) is 6.54 Å². The molecule has 18 heavy (non-hydrogen) atoms. The number of hydrogen-bond acceptors (Lipinski definition) is 4. The number of primary amides is 1. The van der Waals surface area contributed by atoms with E-state index in [1.54, 1.807) is 24.3 Å². The standard InChI is InChI=1S/C12H16N2O4/c1-18-10(8-5-3-2-4-6-8)12(17)14-7-9(15)11(13)16/h2-6,9-10,15H,7H2,1H3,(H2,13,16)(H,14,17). The first-order valence-corrected chi connectivity index (χ1v) is 5.39. The van der Waals surface area contributed by atoms with Crippen LogP contribution in [0.25, 0.3) is 0 Å². The molecule has 2 unspecified atom stereocenters. The summed E-state index contributed by atoms with van der Waals surface area (Å²) < 4.78 is 5.08. The van der Waals surface area contributed by atoms with E-state index in [4.69, 9.17) is 10.5 Å². The number of ether oxygens (including phenoxy) is 1. The summed E-state index contributed by atoms with van der Waals surface area (Å²) in [5.74, 6) is -1.33. The van der Waals surface area contributed by atoms with Crippen molar-refractivity contribution >= 4 is 11.8 Å². The monoisotopic (exact) mass is 252 g/mol. The molecule has 4 N–H and O–H groups in total. The predicted molar refractivity (Wildman–Crippen MR) is 64.4 cm³/mol. The molecule has 0 aliphatic carbocycles. The Balaban J connectivity index is 2.61. The van der Waals surface area contributed by atoms with Crippen LogP contribution < -0.4 is 11.1 Å². The largest absolute Gasteiger partial charge is 0.381 e. The van der Waals surface area contributed by atoms with Gasteiger partial charge in [0.1, 0.15) is 6.10 Å².